The molecule has 16 heavy (non-hydrogen) atoms. The maximum atomic E-state index is 5.64. The van der Waals surface area contributed by atoms with E-state index in [1.807, 2.05) is 13.2 Å². The molecule has 84 valence electrons. The largest absolute Gasteiger partial charge is 0.330 e. The Kier molecular flexibility index (Phi) is 2.79. The number of nitrogens with two attached hydrogens (primary N) is 1. The second-order valence-corrected chi connectivity index (χ2v) is 4.15. The summed E-state index contributed by atoms with van der Waals surface area (Å²) in [6.07, 6.45) is 1.84. The minimum absolute atomic E-state index is 0.522. The van der Waals surface area contributed by atoms with Crippen LogP contribution in [0.1, 0.15) is 16.8 Å². The van der Waals surface area contributed by atoms with Crippen LogP contribution in [0, 0.1) is 13.8 Å². The molecular weight excluding hydrogens is 198 g/mol. The molecule has 0 fully saturated rings. The van der Waals surface area contributed by atoms with Gasteiger partial charge in [-0.05, 0) is 19.4 Å². The fourth-order valence-electron chi connectivity index (χ4n) is 1.95. The lowest BCUT2D eigenvalue weighted by Crippen LogP contribution is -2.04. The first-order valence-electron chi connectivity index (χ1n) is 5.41. The molecule has 0 atom stereocenters. The molecule has 1 aromatic carbocycles. The van der Waals surface area contributed by atoms with Gasteiger partial charge in [0, 0.05) is 19.2 Å². The van der Waals surface area contributed by atoms with Gasteiger partial charge in [-0.2, -0.15) is 0 Å². The molecule has 0 spiro atoms. The van der Waals surface area contributed by atoms with Gasteiger partial charge in [0.2, 0.25) is 0 Å². The Bertz CT molecular complexity index is 512. The molecule has 2 rings (SSSR count). The minimum Gasteiger partial charge on any atom is -0.330 e. The minimum atomic E-state index is 0.522. The number of benzene rings is 1. The lowest BCUT2D eigenvalue weighted by Gasteiger charge is -2.08. The van der Waals surface area contributed by atoms with Crippen LogP contribution in [0.4, 0.5) is 0 Å². The van der Waals surface area contributed by atoms with Gasteiger partial charge in [-0.15, -0.1) is 0 Å². The first-order chi connectivity index (χ1) is 7.63. The Morgan fingerprint density at radius 2 is 2.06 bits per heavy atom. The Morgan fingerprint density at radius 1 is 1.31 bits per heavy atom. The molecule has 0 aliphatic carbocycles. The van der Waals surface area contributed by atoms with Crippen LogP contribution in [0.3, 0.4) is 0 Å². The van der Waals surface area contributed by atoms with E-state index in [1.165, 1.54) is 16.7 Å². The standard InChI is InChI=1S/C13H17N3/c1-9-4-5-12(10(2)6-9)13-15-8-11(7-14)16(13)3/h4-6,8H,7,14H2,1-3H3. The van der Waals surface area contributed by atoms with Crippen molar-refractivity contribution in [3.05, 3.63) is 41.2 Å². The second-order valence-electron chi connectivity index (χ2n) is 4.15. The van der Waals surface area contributed by atoms with Crippen LogP contribution in [-0.4, -0.2) is 9.55 Å². The lowest BCUT2D eigenvalue weighted by molar-refractivity contribution is 0.828. The summed E-state index contributed by atoms with van der Waals surface area (Å²) in [5, 5.41) is 0. The Labute approximate surface area is 95.9 Å². The van der Waals surface area contributed by atoms with Gasteiger partial charge in [-0.1, -0.05) is 23.8 Å². The van der Waals surface area contributed by atoms with E-state index in [0.717, 1.165) is 11.5 Å². The van der Waals surface area contributed by atoms with Crippen LogP contribution in [0.15, 0.2) is 24.4 Å². The van der Waals surface area contributed by atoms with Crippen molar-refractivity contribution in [2.45, 2.75) is 20.4 Å². The Balaban J connectivity index is 2.54. The van der Waals surface area contributed by atoms with Gasteiger partial charge < -0.3 is 10.3 Å². The average Bonchev–Trinajstić information content (AvgIpc) is 2.60. The van der Waals surface area contributed by atoms with E-state index in [0.29, 0.717) is 6.54 Å². The Hall–Kier alpha value is -1.61. The van der Waals surface area contributed by atoms with Gasteiger partial charge in [-0.3, -0.25) is 0 Å². The highest BCUT2D eigenvalue weighted by Crippen LogP contribution is 2.23. The van der Waals surface area contributed by atoms with Crippen LogP contribution < -0.4 is 5.73 Å². The predicted octanol–water partition coefficient (Wildman–Crippen LogP) is 2.16. The average molecular weight is 215 g/mol. The van der Waals surface area contributed by atoms with Crippen molar-refractivity contribution in [1.82, 2.24) is 9.55 Å². The molecular formula is C13H17N3. The fraction of sp³-hybridized carbons (Fsp3) is 0.308. The van der Waals surface area contributed by atoms with Gasteiger partial charge in [0.05, 0.1) is 11.9 Å². The summed E-state index contributed by atoms with van der Waals surface area (Å²) in [7, 11) is 2.00. The molecule has 0 radical (unpaired) electrons. The van der Waals surface area contributed by atoms with E-state index >= 15 is 0 Å². The summed E-state index contributed by atoms with van der Waals surface area (Å²) in [5.74, 6) is 0.984. The number of rotatable bonds is 2. The molecule has 0 aliphatic heterocycles. The van der Waals surface area contributed by atoms with Crippen molar-refractivity contribution in [3.63, 3.8) is 0 Å². The quantitative estimate of drug-likeness (QED) is 0.834. The first-order valence-corrected chi connectivity index (χ1v) is 5.41. The zero-order chi connectivity index (χ0) is 11.7. The van der Waals surface area contributed by atoms with Crippen LogP contribution in [-0.2, 0) is 13.6 Å². The highest BCUT2D eigenvalue weighted by atomic mass is 15.1. The topological polar surface area (TPSA) is 43.8 Å². The maximum Gasteiger partial charge on any atom is 0.140 e. The van der Waals surface area contributed by atoms with Crippen LogP contribution >= 0.6 is 0 Å². The third-order valence-electron chi connectivity index (χ3n) is 2.92. The molecule has 1 heterocycles. The predicted molar refractivity (Wildman–Crippen MR) is 66.0 cm³/mol. The molecule has 2 N–H and O–H groups in total. The van der Waals surface area contributed by atoms with E-state index in [1.54, 1.807) is 0 Å². The van der Waals surface area contributed by atoms with Crippen LogP contribution in [0.2, 0.25) is 0 Å². The smallest absolute Gasteiger partial charge is 0.140 e. The highest BCUT2D eigenvalue weighted by Gasteiger charge is 2.09. The SMILES string of the molecule is Cc1ccc(-c2ncc(CN)n2C)c(C)c1. The number of hydrogen-bond acceptors (Lipinski definition) is 2. The van der Waals surface area contributed by atoms with Crippen LogP contribution in [0.5, 0.6) is 0 Å². The van der Waals surface area contributed by atoms with Crippen molar-refractivity contribution in [2.75, 3.05) is 0 Å². The normalized spacial score (nSPS) is 10.8. The molecule has 0 aliphatic rings. The van der Waals surface area contributed by atoms with E-state index < -0.39 is 0 Å². The first kappa shape index (κ1) is 10.9. The molecule has 0 saturated heterocycles. The zero-order valence-electron chi connectivity index (χ0n) is 9.99. The van der Waals surface area contributed by atoms with Crippen molar-refractivity contribution in [1.29, 1.82) is 0 Å². The molecule has 0 unspecified atom stereocenters. The van der Waals surface area contributed by atoms with Gasteiger partial charge in [-0.25, -0.2) is 4.98 Å². The summed E-state index contributed by atoms with van der Waals surface area (Å²) in [6, 6.07) is 6.40. The van der Waals surface area contributed by atoms with Crippen molar-refractivity contribution in [3.8, 4) is 11.4 Å². The van der Waals surface area contributed by atoms with Crippen molar-refractivity contribution in [2.24, 2.45) is 12.8 Å². The van der Waals surface area contributed by atoms with Gasteiger partial charge >= 0.3 is 0 Å². The molecule has 3 heteroatoms. The van der Waals surface area contributed by atoms with E-state index in [2.05, 4.69) is 41.6 Å². The number of hydrogen-bond donors (Lipinski definition) is 1. The molecule has 2 aromatic rings. The third-order valence-corrected chi connectivity index (χ3v) is 2.92. The summed E-state index contributed by atoms with van der Waals surface area (Å²) in [4.78, 5) is 4.43. The third kappa shape index (κ3) is 1.74. The van der Waals surface area contributed by atoms with E-state index in [-0.39, 0.29) is 0 Å². The van der Waals surface area contributed by atoms with E-state index in [4.69, 9.17) is 5.73 Å². The van der Waals surface area contributed by atoms with Gasteiger partial charge in [0.15, 0.2) is 0 Å². The second kappa shape index (κ2) is 4.10. The number of aromatic nitrogens is 2. The van der Waals surface area contributed by atoms with Gasteiger partial charge in [0.25, 0.3) is 0 Å². The van der Waals surface area contributed by atoms with E-state index in [9.17, 15) is 0 Å². The van der Waals surface area contributed by atoms with Gasteiger partial charge in [0.1, 0.15) is 5.82 Å². The molecule has 0 bridgehead atoms. The fourth-order valence-corrected chi connectivity index (χ4v) is 1.95. The lowest BCUT2D eigenvalue weighted by atomic mass is 10.1. The van der Waals surface area contributed by atoms with Crippen molar-refractivity contribution < 1.29 is 0 Å². The summed E-state index contributed by atoms with van der Waals surface area (Å²) < 4.78 is 2.05. The summed E-state index contributed by atoms with van der Waals surface area (Å²) >= 11 is 0. The molecule has 3 nitrogen and oxygen atoms in total. The Morgan fingerprint density at radius 3 is 2.62 bits per heavy atom. The summed E-state index contributed by atoms with van der Waals surface area (Å²) in [5.41, 5.74) is 10.4. The van der Waals surface area contributed by atoms with Crippen molar-refractivity contribution >= 4 is 0 Å². The number of nitrogens with zero attached hydrogens (tertiary/aromatic N) is 2. The number of aryl methyl sites for hydroxylation is 2. The number of imidazole rings is 1. The zero-order valence-corrected chi connectivity index (χ0v) is 9.99. The molecule has 0 amide bonds. The molecule has 1 aromatic heterocycles. The highest BCUT2D eigenvalue weighted by molar-refractivity contribution is 5.61. The summed E-state index contributed by atoms with van der Waals surface area (Å²) in [6.45, 7) is 4.73. The molecule has 0 saturated carbocycles. The monoisotopic (exact) mass is 215 g/mol. The van der Waals surface area contributed by atoms with Crippen LogP contribution in [0.25, 0.3) is 11.4 Å². The maximum absolute atomic E-state index is 5.64.